The SMILES string of the molecule is CCOc1cc(C2NC(=O)NC(C3CCCCC3)=C2c2ccsc2)cc([N+](=O)[O-])c1O. The number of carbonyl (C=O) groups is 1. The molecule has 0 radical (unpaired) electrons. The molecule has 8 nitrogen and oxygen atoms in total. The highest BCUT2D eigenvalue weighted by molar-refractivity contribution is 7.08. The van der Waals surface area contributed by atoms with Gasteiger partial charge >= 0.3 is 11.7 Å². The topological polar surface area (TPSA) is 114 Å². The van der Waals surface area contributed by atoms with E-state index < -0.39 is 22.4 Å². The second-order valence-electron chi connectivity index (χ2n) is 7.78. The van der Waals surface area contributed by atoms with Crippen LogP contribution in [0.5, 0.6) is 11.5 Å². The van der Waals surface area contributed by atoms with Crippen LogP contribution in [0, 0.1) is 16.0 Å². The summed E-state index contributed by atoms with van der Waals surface area (Å²) in [5.41, 5.74) is 2.82. The first kappa shape index (κ1) is 21.2. The second-order valence-corrected chi connectivity index (χ2v) is 8.56. The molecule has 3 N–H and O–H groups in total. The van der Waals surface area contributed by atoms with E-state index in [0.29, 0.717) is 5.56 Å². The zero-order chi connectivity index (χ0) is 22.0. The normalized spacial score (nSPS) is 19.6. The van der Waals surface area contributed by atoms with E-state index in [-0.39, 0.29) is 24.3 Å². The summed E-state index contributed by atoms with van der Waals surface area (Å²) in [7, 11) is 0. The Balaban J connectivity index is 1.89. The molecule has 0 spiro atoms. The molecule has 164 valence electrons. The van der Waals surface area contributed by atoms with E-state index in [1.165, 1.54) is 12.5 Å². The van der Waals surface area contributed by atoms with Gasteiger partial charge in [-0.25, -0.2) is 4.79 Å². The fraction of sp³-hybridized carbons (Fsp3) is 0.409. The highest BCUT2D eigenvalue weighted by Crippen LogP contribution is 2.45. The predicted molar refractivity (Wildman–Crippen MR) is 118 cm³/mol. The summed E-state index contributed by atoms with van der Waals surface area (Å²) in [6, 6.07) is 3.95. The van der Waals surface area contributed by atoms with Crippen LogP contribution in [0.25, 0.3) is 5.57 Å². The number of rotatable bonds is 6. The number of hydrogen-bond donors (Lipinski definition) is 3. The number of ether oxygens (including phenoxy) is 1. The Labute approximate surface area is 184 Å². The van der Waals surface area contributed by atoms with E-state index in [4.69, 9.17) is 4.74 Å². The van der Waals surface area contributed by atoms with Crippen molar-refractivity contribution in [2.45, 2.75) is 45.1 Å². The zero-order valence-corrected chi connectivity index (χ0v) is 18.0. The lowest BCUT2D eigenvalue weighted by atomic mass is 9.80. The molecule has 9 heteroatoms. The van der Waals surface area contributed by atoms with Gasteiger partial charge in [0.05, 0.1) is 17.6 Å². The van der Waals surface area contributed by atoms with Crippen molar-refractivity contribution in [3.05, 3.63) is 55.9 Å². The van der Waals surface area contributed by atoms with E-state index in [2.05, 4.69) is 10.6 Å². The summed E-state index contributed by atoms with van der Waals surface area (Å²) in [6.45, 7) is 1.98. The van der Waals surface area contributed by atoms with Gasteiger partial charge in [-0.2, -0.15) is 11.3 Å². The van der Waals surface area contributed by atoms with Crippen LogP contribution in [-0.2, 0) is 0 Å². The van der Waals surface area contributed by atoms with Crippen molar-refractivity contribution in [1.82, 2.24) is 10.6 Å². The number of amides is 2. The van der Waals surface area contributed by atoms with E-state index in [1.54, 1.807) is 24.3 Å². The van der Waals surface area contributed by atoms with E-state index in [1.807, 2.05) is 16.8 Å². The van der Waals surface area contributed by atoms with Gasteiger partial charge in [-0.1, -0.05) is 19.3 Å². The summed E-state index contributed by atoms with van der Waals surface area (Å²) >= 11 is 1.55. The van der Waals surface area contributed by atoms with Gasteiger partial charge in [0, 0.05) is 17.3 Å². The lowest BCUT2D eigenvalue weighted by Crippen LogP contribution is -2.45. The maximum Gasteiger partial charge on any atom is 0.319 e. The number of phenolic OH excluding ortho intramolecular Hbond substituents is 1. The van der Waals surface area contributed by atoms with Gasteiger partial charge in [0.1, 0.15) is 0 Å². The Morgan fingerprint density at radius 1 is 1.29 bits per heavy atom. The van der Waals surface area contributed by atoms with Crippen LogP contribution >= 0.6 is 11.3 Å². The lowest BCUT2D eigenvalue weighted by molar-refractivity contribution is -0.386. The minimum Gasteiger partial charge on any atom is -0.500 e. The molecule has 2 aromatic rings. The molecule has 1 saturated carbocycles. The van der Waals surface area contributed by atoms with Crippen LogP contribution in [0.1, 0.15) is 56.2 Å². The van der Waals surface area contributed by atoms with Gasteiger partial charge in [0.2, 0.25) is 5.75 Å². The van der Waals surface area contributed by atoms with Gasteiger partial charge in [-0.3, -0.25) is 10.1 Å². The number of thiophene rings is 1. The van der Waals surface area contributed by atoms with Gasteiger partial charge in [0.25, 0.3) is 0 Å². The number of phenols is 1. The third-order valence-electron chi connectivity index (χ3n) is 5.86. The number of urea groups is 1. The van der Waals surface area contributed by atoms with Gasteiger partial charge in [-0.15, -0.1) is 0 Å². The first-order valence-electron chi connectivity index (χ1n) is 10.5. The monoisotopic (exact) mass is 443 g/mol. The minimum absolute atomic E-state index is 0.0309. The molecule has 0 saturated heterocycles. The van der Waals surface area contributed by atoms with Crippen LogP contribution in [0.4, 0.5) is 10.5 Å². The van der Waals surface area contributed by atoms with Crippen molar-refractivity contribution >= 4 is 28.6 Å². The number of nitrogens with one attached hydrogen (secondary N) is 2. The number of nitro benzene ring substituents is 1. The standard InChI is InChI=1S/C22H25N3O5S/c1-2-30-17-11-15(10-16(21(17)26)25(28)29)20-18(14-8-9-31-12-14)19(23-22(27)24-20)13-6-4-3-5-7-13/h8-13,20,26H,2-7H2,1H3,(H2,23,24,27). The number of benzene rings is 1. The number of carbonyl (C=O) groups excluding carboxylic acids is 1. The fourth-order valence-corrected chi connectivity index (χ4v) is 5.13. The Kier molecular flexibility index (Phi) is 6.13. The van der Waals surface area contributed by atoms with Gasteiger partial charge < -0.3 is 20.5 Å². The van der Waals surface area contributed by atoms with Crippen LogP contribution in [0.2, 0.25) is 0 Å². The Morgan fingerprint density at radius 2 is 2.06 bits per heavy atom. The second kappa shape index (κ2) is 8.97. The van der Waals surface area contributed by atoms with Crippen molar-refractivity contribution in [2.24, 2.45) is 5.92 Å². The van der Waals surface area contributed by atoms with E-state index in [9.17, 15) is 20.0 Å². The highest BCUT2D eigenvalue weighted by Gasteiger charge is 2.35. The predicted octanol–water partition coefficient (Wildman–Crippen LogP) is 5.11. The summed E-state index contributed by atoms with van der Waals surface area (Å²) in [4.78, 5) is 23.6. The Hall–Kier alpha value is -3.07. The van der Waals surface area contributed by atoms with Gasteiger partial charge in [-0.05, 0) is 59.7 Å². The van der Waals surface area contributed by atoms with Gasteiger partial charge in [0.15, 0.2) is 5.75 Å². The maximum atomic E-state index is 12.6. The third-order valence-corrected chi connectivity index (χ3v) is 6.54. The molecule has 31 heavy (non-hydrogen) atoms. The average Bonchev–Trinajstić information content (AvgIpc) is 3.29. The fourth-order valence-electron chi connectivity index (χ4n) is 4.47. The molecule has 4 rings (SSSR count). The first-order chi connectivity index (χ1) is 15.0. The molecule has 1 aliphatic carbocycles. The van der Waals surface area contributed by atoms with Crippen molar-refractivity contribution in [3.8, 4) is 11.5 Å². The number of nitro groups is 1. The van der Waals surface area contributed by atoms with E-state index >= 15 is 0 Å². The zero-order valence-electron chi connectivity index (χ0n) is 17.2. The van der Waals surface area contributed by atoms with Crippen molar-refractivity contribution in [3.63, 3.8) is 0 Å². The summed E-state index contributed by atoms with van der Waals surface area (Å²) in [5.74, 6) is -0.247. The van der Waals surface area contributed by atoms with Crippen molar-refractivity contribution in [2.75, 3.05) is 6.61 Å². The quantitative estimate of drug-likeness (QED) is 0.424. The van der Waals surface area contributed by atoms with Crippen molar-refractivity contribution < 1.29 is 19.6 Å². The number of aromatic hydroxyl groups is 1. The molecule has 1 fully saturated rings. The number of hydrogen-bond acceptors (Lipinski definition) is 6. The summed E-state index contributed by atoms with van der Waals surface area (Å²) < 4.78 is 5.46. The molecule has 2 amide bonds. The molecular weight excluding hydrogens is 418 g/mol. The average molecular weight is 444 g/mol. The maximum absolute atomic E-state index is 12.6. The molecule has 1 atom stereocenters. The molecule has 1 aliphatic heterocycles. The highest BCUT2D eigenvalue weighted by atomic mass is 32.1. The summed E-state index contributed by atoms with van der Waals surface area (Å²) in [5, 5.41) is 31.8. The smallest absolute Gasteiger partial charge is 0.319 e. The molecule has 0 bridgehead atoms. The largest absolute Gasteiger partial charge is 0.500 e. The van der Waals surface area contributed by atoms with Crippen LogP contribution in [0.15, 0.2) is 34.7 Å². The van der Waals surface area contributed by atoms with Crippen LogP contribution in [-0.4, -0.2) is 22.7 Å². The molecule has 1 aromatic heterocycles. The minimum atomic E-state index is -0.639. The third kappa shape index (κ3) is 4.23. The molecule has 2 heterocycles. The lowest BCUT2D eigenvalue weighted by Gasteiger charge is -2.35. The number of nitrogens with zero attached hydrogens (tertiary/aromatic N) is 1. The van der Waals surface area contributed by atoms with E-state index in [0.717, 1.165) is 42.5 Å². The molecule has 1 aromatic carbocycles. The van der Waals surface area contributed by atoms with Crippen LogP contribution in [0.3, 0.4) is 0 Å². The van der Waals surface area contributed by atoms with Crippen LogP contribution < -0.4 is 15.4 Å². The van der Waals surface area contributed by atoms with Crippen molar-refractivity contribution in [1.29, 1.82) is 0 Å². The summed E-state index contributed by atoms with van der Waals surface area (Å²) in [6.07, 6.45) is 5.40. The first-order valence-corrected chi connectivity index (χ1v) is 11.4. The Morgan fingerprint density at radius 3 is 2.71 bits per heavy atom. The molecule has 1 unspecified atom stereocenters. The Bertz CT molecular complexity index is 1010. The molecular formula is C22H25N3O5S. The number of allylic oxidation sites excluding steroid dienone is 1. The molecule has 2 aliphatic rings.